The average Bonchev–Trinajstić information content (AvgIpc) is 2.47. The number of hydrogen-bond acceptors (Lipinski definition) is 4. The predicted molar refractivity (Wildman–Crippen MR) is 82.2 cm³/mol. The Kier molecular flexibility index (Phi) is 4.57. The lowest BCUT2D eigenvalue weighted by molar-refractivity contribution is -0.149. The van der Waals surface area contributed by atoms with Crippen molar-refractivity contribution in [3.63, 3.8) is 0 Å². The maximum atomic E-state index is 6.03. The van der Waals surface area contributed by atoms with Gasteiger partial charge in [-0.3, -0.25) is 9.88 Å². The lowest BCUT2D eigenvalue weighted by Gasteiger charge is -2.50. The number of hydrogen-bond donors (Lipinski definition) is 0. The second-order valence-corrected chi connectivity index (χ2v) is 6.53. The molecule has 21 heavy (non-hydrogen) atoms. The summed E-state index contributed by atoms with van der Waals surface area (Å²) in [6.45, 7) is 6.84. The Balaban J connectivity index is 1.70. The van der Waals surface area contributed by atoms with Crippen molar-refractivity contribution in [2.24, 2.45) is 5.41 Å². The summed E-state index contributed by atoms with van der Waals surface area (Å²) in [6, 6.07) is 6.27. The summed E-state index contributed by atoms with van der Waals surface area (Å²) in [6.07, 6.45) is 3.84. The first-order chi connectivity index (χ1) is 10.2. The second-order valence-electron chi connectivity index (χ2n) is 6.53. The van der Waals surface area contributed by atoms with Gasteiger partial charge >= 0.3 is 0 Å². The van der Waals surface area contributed by atoms with Crippen LogP contribution in [0.3, 0.4) is 0 Å². The topological polar surface area (TPSA) is 34.6 Å². The number of pyridine rings is 1. The van der Waals surface area contributed by atoms with Crippen LogP contribution >= 0.6 is 0 Å². The third-order valence-electron chi connectivity index (χ3n) is 4.83. The van der Waals surface area contributed by atoms with E-state index in [9.17, 15) is 0 Å². The zero-order valence-electron chi connectivity index (χ0n) is 13.2. The average molecular weight is 290 g/mol. The quantitative estimate of drug-likeness (QED) is 0.853. The van der Waals surface area contributed by atoms with Crippen LogP contribution < -0.4 is 0 Å². The minimum absolute atomic E-state index is 0.176. The van der Waals surface area contributed by atoms with E-state index in [0.717, 1.165) is 57.1 Å². The van der Waals surface area contributed by atoms with Crippen LogP contribution in [0.15, 0.2) is 18.2 Å². The smallest absolute Gasteiger partial charge is 0.0677 e. The van der Waals surface area contributed by atoms with Gasteiger partial charge in [-0.25, -0.2) is 0 Å². The molecular formula is C17H26N2O2. The van der Waals surface area contributed by atoms with Gasteiger partial charge in [-0.1, -0.05) is 6.07 Å². The number of aromatic nitrogens is 1. The van der Waals surface area contributed by atoms with Crippen LogP contribution in [0.25, 0.3) is 0 Å². The Morgan fingerprint density at radius 2 is 2.38 bits per heavy atom. The van der Waals surface area contributed by atoms with Gasteiger partial charge in [-0.15, -0.1) is 0 Å². The first-order valence-corrected chi connectivity index (χ1v) is 7.97. The number of nitrogens with zero attached hydrogens (tertiary/aromatic N) is 2. The molecule has 2 aliphatic heterocycles. The fraction of sp³-hybridized carbons (Fsp3) is 0.706. The highest BCUT2D eigenvalue weighted by Crippen LogP contribution is 2.40. The van der Waals surface area contributed by atoms with E-state index in [2.05, 4.69) is 35.0 Å². The van der Waals surface area contributed by atoms with Gasteiger partial charge in [-0.2, -0.15) is 0 Å². The first kappa shape index (κ1) is 14.9. The molecule has 3 heterocycles. The van der Waals surface area contributed by atoms with Crippen LogP contribution in [0.2, 0.25) is 0 Å². The van der Waals surface area contributed by atoms with Crippen LogP contribution in [0, 0.1) is 12.3 Å². The SMILES string of the molecule is COCC12CCCOC1CCN(Cc1cccc(C)n1)C2. The molecule has 1 aromatic heterocycles. The summed E-state index contributed by atoms with van der Waals surface area (Å²) in [5, 5.41) is 0. The van der Waals surface area contributed by atoms with Crippen molar-refractivity contribution in [3.8, 4) is 0 Å². The Hall–Kier alpha value is -0.970. The second kappa shape index (κ2) is 6.42. The molecule has 116 valence electrons. The van der Waals surface area contributed by atoms with Crippen LogP contribution in [-0.2, 0) is 16.0 Å². The molecule has 2 unspecified atom stereocenters. The lowest BCUT2D eigenvalue weighted by atomic mass is 9.73. The fourth-order valence-electron chi connectivity index (χ4n) is 3.93. The summed E-state index contributed by atoms with van der Waals surface area (Å²) < 4.78 is 11.6. The van der Waals surface area contributed by atoms with E-state index >= 15 is 0 Å². The molecule has 0 radical (unpaired) electrons. The molecule has 2 saturated heterocycles. The van der Waals surface area contributed by atoms with Gasteiger partial charge in [0, 0.05) is 44.5 Å². The number of methoxy groups -OCH3 is 1. The molecule has 0 bridgehead atoms. The molecule has 0 spiro atoms. The minimum Gasteiger partial charge on any atom is -0.384 e. The van der Waals surface area contributed by atoms with Crippen LogP contribution in [0.5, 0.6) is 0 Å². The van der Waals surface area contributed by atoms with Crippen LogP contribution in [0.4, 0.5) is 0 Å². The van der Waals surface area contributed by atoms with Crippen molar-refractivity contribution >= 4 is 0 Å². The van der Waals surface area contributed by atoms with Gasteiger partial charge < -0.3 is 9.47 Å². The molecular weight excluding hydrogens is 264 g/mol. The van der Waals surface area contributed by atoms with Gasteiger partial charge in [0.05, 0.1) is 18.4 Å². The Labute approximate surface area is 127 Å². The van der Waals surface area contributed by atoms with E-state index in [1.165, 1.54) is 6.42 Å². The molecule has 4 heteroatoms. The van der Waals surface area contributed by atoms with Crippen molar-refractivity contribution in [3.05, 3.63) is 29.6 Å². The molecule has 0 aromatic carbocycles. The number of fused-ring (bicyclic) bond motifs is 1. The summed E-state index contributed by atoms with van der Waals surface area (Å²) in [5.74, 6) is 0. The fourth-order valence-corrected chi connectivity index (χ4v) is 3.93. The van der Waals surface area contributed by atoms with Crippen molar-refractivity contribution in [2.75, 3.05) is 33.4 Å². The number of likely N-dealkylation sites (tertiary alicyclic amines) is 1. The zero-order chi connectivity index (χ0) is 14.7. The number of piperidine rings is 1. The lowest BCUT2D eigenvalue weighted by Crippen LogP contribution is -2.56. The Morgan fingerprint density at radius 3 is 3.19 bits per heavy atom. The van der Waals surface area contributed by atoms with Gasteiger partial charge in [0.1, 0.15) is 0 Å². The van der Waals surface area contributed by atoms with E-state index in [0.29, 0.717) is 6.10 Å². The predicted octanol–water partition coefficient (Wildman–Crippen LogP) is 2.41. The van der Waals surface area contributed by atoms with E-state index in [1.807, 2.05) is 7.11 Å². The first-order valence-electron chi connectivity index (χ1n) is 7.97. The largest absolute Gasteiger partial charge is 0.384 e. The van der Waals surface area contributed by atoms with Crippen LogP contribution in [0.1, 0.15) is 30.7 Å². The minimum atomic E-state index is 0.176. The van der Waals surface area contributed by atoms with Gasteiger partial charge in [0.15, 0.2) is 0 Å². The number of ether oxygens (including phenoxy) is 2. The highest BCUT2D eigenvalue weighted by atomic mass is 16.5. The molecule has 1 aromatic rings. The Bertz CT molecular complexity index is 476. The third-order valence-corrected chi connectivity index (χ3v) is 4.83. The summed E-state index contributed by atoms with van der Waals surface area (Å²) >= 11 is 0. The normalized spacial score (nSPS) is 30.1. The van der Waals surface area contributed by atoms with E-state index in [-0.39, 0.29) is 5.41 Å². The van der Waals surface area contributed by atoms with E-state index in [4.69, 9.17) is 9.47 Å². The molecule has 2 atom stereocenters. The van der Waals surface area contributed by atoms with Gasteiger partial charge in [0.25, 0.3) is 0 Å². The van der Waals surface area contributed by atoms with Crippen molar-refractivity contribution in [1.82, 2.24) is 9.88 Å². The molecule has 2 aliphatic rings. The number of rotatable bonds is 4. The molecule has 0 aliphatic carbocycles. The van der Waals surface area contributed by atoms with Gasteiger partial charge in [0.2, 0.25) is 0 Å². The maximum absolute atomic E-state index is 6.03. The molecule has 3 rings (SSSR count). The summed E-state index contributed by atoms with van der Waals surface area (Å²) in [5.41, 5.74) is 2.43. The third kappa shape index (κ3) is 3.28. The van der Waals surface area contributed by atoms with Crippen LogP contribution in [-0.4, -0.2) is 49.4 Å². The van der Waals surface area contributed by atoms with Crippen molar-refractivity contribution < 1.29 is 9.47 Å². The van der Waals surface area contributed by atoms with E-state index < -0.39 is 0 Å². The van der Waals surface area contributed by atoms with Crippen molar-refractivity contribution in [2.45, 2.75) is 38.8 Å². The maximum Gasteiger partial charge on any atom is 0.0677 e. The summed E-state index contributed by atoms with van der Waals surface area (Å²) in [4.78, 5) is 7.16. The number of aryl methyl sites for hydroxylation is 1. The molecule has 0 N–H and O–H groups in total. The highest BCUT2D eigenvalue weighted by Gasteiger charge is 2.45. The molecule has 2 fully saturated rings. The van der Waals surface area contributed by atoms with Crippen molar-refractivity contribution in [1.29, 1.82) is 0 Å². The van der Waals surface area contributed by atoms with E-state index in [1.54, 1.807) is 0 Å². The highest BCUT2D eigenvalue weighted by molar-refractivity contribution is 5.10. The monoisotopic (exact) mass is 290 g/mol. The molecule has 4 nitrogen and oxygen atoms in total. The molecule has 0 amide bonds. The summed E-state index contributed by atoms with van der Waals surface area (Å²) in [7, 11) is 1.81. The molecule has 0 saturated carbocycles. The standard InChI is InChI=1S/C17H26N2O2/c1-14-5-3-6-15(18-14)11-19-9-7-16-17(12-19,13-20-2)8-4-10-21-16/h3,5-6,16H,4,7-13H2,1-2H3. The zero-order valence-corrected chi connectivity index (χ0v) is 13.2. The van der Waals surface area contributed by atoms with Gasteiger partial charge in [-0.05, 0) is 38.3 Å². The Morgan fingerprint density at radius 1 is 1.48 bits per heavy atom.